The Balaban J connectivity index is 1.67. The average molecular weight is 497 g/mol. The normalized spacial score (nSPS) is 14.4. The first-order chi connectivity index (χ1) is 13.8. The molecule has 2 heterocycles. The summed E-state index contributed by atoms with van der Waals surface area (Å²) in [4.78, 5) is 33.0. The summed E-state index contributed by atoms with van der Waals surface area (Å²) >= 11 is 14.7. The summed E-state index contributed by atoms with van der Waals surface area (Å²) in [6.45, 7) is 3.03. The summed E-state index contributed by atoms with van der Waals surface area (Å²) in [7, 11) is 2.03. The van der Waals surface area contributed by atoms with Crippen molar-refractivity contribution in [1.29, 1.82) is 0 Å². The zero-order valence-corrected chi connectivity index (χ0v) is 18.8. The minimum absolute atomic E-state index is 0.0621. The van der Waals surface area contributed by atoms with Gasteiger partial charge >= 0.3 is 0 Å². The van der Waals surface area contributed by atoms with Crippen LogP contribution in [0.5, 0.6) is 0 Å². The van der Waals surface area contributed by atoms with Gasteiger partial charge in [0.2, 0.25) is 0 Å². The molecule has 1 aromatic carbocycles. The number of carbonyl (C=O) groups is 2. The number of pyridine rings is 1. The van der Waals surface area contributed by atoms with Crippen LogP contribution in [0.1, 0.15) is 20.7 Å². The molecule has 1 aliphatic heterocycles. The first-order valence-electron chi connectivity index (χ1n) is 8.84. The topological polar surface area (TPSA) is 77.6 Å². The van der Waals surface area contributed by atoms with Crippen LogP contribution in [0.15, 0.2) is 41.1 Å². The molecule has 1 fully saturated rings. The molecule has 7 nitrogen and oxygen atoms in total. The highest BCUT2D eigenvalue weighted by Crippen LogP contribution is 2.24. The second kappa shape index (κ2) is 9.62. The minimum atomic E-state index is -0.405. The number of hydrogen-bond acceptors (Lipinski definition) is 5. The maximum atomic E-state index is 12.8. The van der Waals surface area contributed by atoms with Gasteiger partial charge < -0.3 is 15.1 Å². The Bertz CT molecular complexity index is 950. The zero-order chi connectivity index (χ0) is 21.0. The van der Waals surface area contributed by atoms with Crippen LogP contribution in [0.2, 0.25) is 5.02 Å². The number of carbonyl (C=O) groups excluding carboxylic acids is 2. The second-order valence-corrected chi connectivity index (χ2v) is 8.32. The summed E-state index contributed by atoms with van der Waals surface area (Å²) in [5.41, 5.74) is 1.31. The zero-order valence-electron chi connectivity index (χ0n) is 15.6. The molecule has 0 unspecified atom stereocenters. The van der Waals surface area contributed by atoms with Gasteiger partial charge in [0.05, 0.1) is 16.3 Å². The maximum absolute atomic E-state index is 12.8. The molecule has 1 aliphatic rings. The number of benzene rings is 1. The number of piperazine rings is 1. The molecule has 0 spiro atoms. The standard InChI is InChI=1S/C19H19BrClN5O2S/c1-25-4-6-26(7-5-25)18(28)12-2-3-15(21)16(9-12)23-19(29)24-17(27)13-8-14(20)11-22-10-13/h2-3,8-11H,4-7H2,1H3,(H2,23,24,27,29). The fourth-order valence-corrected chi connectivity index (χ4v) is 3.54. The van der Waals surface area contributed by atoms with E-state index in [1.165, 1.54) is 6.20 Å². The number of likely N-dealkylation sites (N-methyl/N-ethyl adjacent to an activating group) is 1. The van der Waals surface area contributed by atoms with Crippen LogP contribution in [0.3, 0.4) is 0 Å². The fraction of sp³-hybridized carbons (Fsp3) is 0.263. The average Bonchev–Trinajstić information content (AvgIpc) is 2.69. The maximum Gasteiger partial charge on any atom is 0.259 e. The number of rotatable bonds is 3. The van der Waals surface area contributed by atoms with Crippen LogP contribution in [0, 0.1) is 0 Å². The van der Waals surface area contributed by atoms with E-state index >= 15 is 0 Å². The number of hydrogen-bond donors (Lipinski definition) is 2. The van der Waals surface area contributed by atoms with Gasteiger partial charge in [0.1, 0.15) is 0 Å². The molecule has 0 atom stereocenters. The van der Waals surface area contributed by atoms with Crippen molar-refractivity contribution in [3.05, 3.63) is 57.3 Å². The van der Waals surface area contributed by atoms with Crippen LogP contribution >= 0.6 is 39.7 Å². The lowest BCUT2D eigenvalue weighted by Crippen LogP contribution is -2.47. The Labute approximate surface area is 187 Å². The SMILES string of the molecule is CN1CCN(C(=O)c2ccc(Cl)c(NC(=S)NC(=O)c3cncc(Br)c3)c2)CC1. The number of amides is 2. The molecule has 1 saturated heterocycles. The van der Waals surface area contributed by atoms with Gasteiger partial charge in [-0.15, -0.1) is 0 Å². The van der Waals surface area contributed by atoms with Crippen LogP contribution in [0.4, 0.5) is 5.69 Å². The molecule has 0 aliphatic carbocycles. The molecule has 2 amide bonds. The Morgan fingerprint density at radius 2 is 1.86 bits per heavy atom. The number of halogens is 2. The number of thiocarbonyl (C=S) groups is 1. The largest absolute Gasteiger partial charge is 0.336 e. The number of nitrogens with one attached hydrogen (secondary N) is 2. The van der Waals surface area contributed by atoms with Crippen molar-refractivity contribution in [1.82, 2.24) is 20.1 Å². The van der Waals surface area contributed by atoms with Gasteiger partial charge in [0.15, 0.2) is 5.11 Å². The molecule has 0 radical (unpaired) electrons. The summed E-state index contributed by atoms with van der Waals surface area (Å²) < 4.78 is 0.683. The predicted molar refractivity (Wildman–Crippen MR) is 120 cm³/mol. The Hall–Kier alpha value is -2.07. The van der Waals surface area contributed by atoms with E-state index in [2.05, 4.69) is 36.4 Å². The number of aromatic nitrogens is 1. The van der Waals surface area contributed by atoms with E-state index in [4.69, 9.17) is 23.8 Å². The van der Waals surface area contributed by atoms with E-state index in [1.807, 2.05) is 11.9 Å². The lowest BCUT2D eigenvalue weighted by molar-refractivity contribution is 0.0664. The first-order valence-corrected chi connectivity index (χ1v) is 10.4. The molecule has 10 heteroatoms. The lowest BCUT2D eigenvalue weighted by atomic mass is 10.1. The van der Waals surface area contributed by atoms with Crippen molar-refractivity contribution < 1.29 is 9.59 Å². The smallest absolute Gasteiger partial charge is 0.259 e. The summed E-state index contributed by atoms with van der Waals surface area (Å²) in [6, 6.07) is 6.59. The summed E-state index contributed by atoms with van der Waals surface area (Å²) in [6.07, 6.45) is 3.01. The van der Waals surface area contributed by atoms with Crippen LogP contribution in [0.25, 0.3) is 0 Å². The van der Waals surface area contributed by atoms with E-state index in [9.17, 15) is 9.59 Å². The molecule has 3 rings (SSSR count). The van der Waals surface area contributed by atoms with Crippen molar-refractivity contribution in [2.24, 2.45) is 0 Å². The van der Waals surface area contributed by atoms with E-state index in [1.54, 1.807) is 30.5 Å². The van der Waals surface area contributed by atoms with Gasteiger partial charge in [-0.1, -0.05) is 11.6 Å². The van der Waals surface area contributed by atoms with E-state index in [-0.39, 0.29) is 11.0 Å². The molecule has 0 saturated carbocycles. The predicted octanol–water partition coefficient (Wildman–Crippen LogP) is 3.01. The van der Waals surface area contributed by atoms with Crippen molar-refractivity contribution in [3.63, 3.8) is 0 Å². The van der Waals surface area contributed by atoms with Gasteiger partial charge in [-0.3, -0.25) is 19.9 Å². The first kappa shape index (κ1) is 21.6. The quantitative estimate of drug-likeness (QED) is 0.636. The second-order valence-electron chi connectivity index (χ2n) is 6.59. The Morgan fingerprint density at radius 1 is 1.14 bits per heavy atom. The van der Waals surface area contributed by atoms with Crippen molar-refractivity contribution in [2.75, 3.05) is 38.5 Å². The van der Waals surface area contributed by atoms with E-state index < -0.39 is 5.91 Å². The molecule has 152 valence electrons. The van der Waals surface area contributed by atoms with Gasteiger partial charge in [-0.25, -0.2) is 0 Å². The number of anilines is 1. The molecule has 29 heavy (non-hydrogen) atoms. The van der Waals surface area contributed by atoms with Crippen molar-refractivity contribution >= 4 is 62.4 Å². The van der Waals surface area contributed by atoms with Gasteiger partial charge in [-0.05, 0) is 59.5 Å². The highest BCUT2D eigenvalue weighted by molar-refractivity contribution is 9.10. The monoisotopic (exact) mass is 495 g/mol. The van der Waals surface area contributed by atoms with E-state index in [0.29, 0.717) is 39.4 Å². The van der Waals surface area contributed by atoms with Crippen LogP contribution < -0.4 is 10.6 Å². The van der Waals surface area contributed by atoms with Gasteiger partial charge in [0.25, 0.3) is 11.8 Å². The highest BCUT2D eigenvalue weighted by atomic mass is 79.9. The van der Waals surface area contributed by atoms with Crippen LogP contribution in [-0.2, 0) is 0 Å². The van der Waals surface area contributed by atoms with Gasteiger partial charge in [0, 0.05) is 48.6 Å². The highest BCUT2D eigenvalue weighted by Gasteiger charge is 2.21. The summed E-state index contributed by atoms with van der Waals surface area (Å²) in [5.74, 6) is -0.468. The van der Waals surface area contributed by atoms with Crippen molar-refractivity contribution in [2.45, 2.75) is 0 Å². The molecular formula is C19H19BrClN5O2S. The molecular weight excluding hydrogens is 478 g/mol. The molecule has 1 aromatic heterocycles. The van der Waals surface area contributed by atoms with Gasteiger partial charge in [-0.2, -0.15) is 0 Å². The summed E-state index contributed by atoms with van der Waals surface area (Å²) in [5, 5.41) is 5.92. The third-order valence-corrected chi connectivity index (χ3v) is 5.41. The third-order valence-electron chi connectivity index (χ3n) is 4.45. The fourth-order valence-electron chi connectivity index (χ4n) is 2.81. The van der Waals surface area contributed by atoms with E-state index in [0.717, 1.165) is 13.1 Å². The van der Waals surface area contributed by atoms with Crippen LogP contribution in [-0.4, -0.2) is 64.9 Å². The van der Waals surface area contributed by atoms with Crippen molar-refractivity contribution in [3.8, 4) is 0 Å². The minimum Gasteiger partial charge on any atom is -0.336 e. The Kier molecular flexibility index (Phi) is 7.18. The molecule has 0 bridgehead atoms. The Morgan fingerprint density at radius 3 is 2.55 bits per heavy atom. The molecule has 2 aromatic rings. The third kappa shape index (κ3) is 5.72. The number of nitrogens with zero attached hydrogens (tertiary/aromatic N) is 3. The lowest BCUT2D eigenvalue weighted by Gasteiger charge is -2.32. The molecule has 2 N–H and O–H groups in total.